The van der Waals surface area contributed by atoms with Crippen molar-refractivity contribution in [2.24, 2.45) is 0 Å². The summed E-state index contributed by atoms with van der Waals surface area (Å²) >= 11 is 1.40. The lowest BCUT2D eigenvalue weighted by Gasteiger charge is -2.35. The Balaban J connectivity index is 1.48. The molecule has 0 radical (unpaired) electrons. The normalized spacial score (nSPS) is 15.9. The average Bonchev–Trinajstić information content (AvgIpc) is 3.15. The van der Waals surface area contributed by atoms with Crippen LogP contribution in [0.15, 0.2) is 47.6 Å². The lowest BCUT2D eigenvalue weighted by atomic mass is 9.93. The van der Waals surface area contributed by atoms with Crippen LogP contribution in [0.25, 0.3) is 11.4 Å². The summed E-state index contributed by atoms with van der Waals surface area (Å²) in [5, 5.41) is 9.44. The first-order valence-corrected chi connectivity index (χ1v) is 11.2. The zero-order valence-corrected chi connectivity index (χ0v) is 18.2. The van der Waals surface area contributed by atoms with Crippen LogP contribution in [0.5, 0.6) is 0 Å². The molecule has 7 heteroatoms. The number of fused-ring (bicyclic) bond motifs is 1. The molecule has 0 aliphatic carbocycles. The van der Waals surface area contributed by atoms with Crippen LogP contribution in [0.3, 0.4) is 0 Å². The van der Waals surface area contributed by atoms with Crippen molar-refractivity contribution in [1.82, 2.24) is 19.7 Å². The van der Waals surface area contributed by atoms with E-state index in [0.717, 1.165) is 40.6 Å². The quantitative estimate of drug-likeness (QED) is 0.560. The van der Waals surface area contributed by atoms with Crippen LogP contribution in [0.4, 0.5) is 4.39 Å². The molecule has 1 atom stereocenters. The van der Waals surface area contributed by atoms with Crippen LogP contribution < -0.4 is 0 Å². The van der Waals surface area contributed by atoms with Crippen molar-refractivity contribution in [3.63, 3.8) is 0 Å². The second kappa shape index (κ2) is 8.60. The Kier molecular flexibility index (Phi) is 5.90. The van der Waals surface area contributed by atoms with E-state index in [4.69, 9.17) is 0 Å². The monoisotopic (exact) mass is 424 g/mol. The first-order valence-electron chi connectivity index (χ1n) is 10.2. The van der Waals surface area contributed by atoms with E-state index in [0.29, 0.717) is 6.54 Å². The van der Waals surface area contributed by atoms with Crippen LogP contribution >= 0.6 is 11.8 Å². The third kappa shape index (κ3) is 3.99. The van der Waals surface area contributed by atoms with E-state index >= 15 is 0 Å². The molecule has 0 spiro atoms. The van der Waals surface area contributed by atoms with E-state index in [1.165, 1.54) is 23.4 Å². The van der Waals surface area contributed by atoms with Gasteiger partial charge >= 0.3 is 0 Å². The maximum absolute atomic E-state index is 13.7. The number of amides is 1. The van der Waals surface area contributed by atoms with Gasteiger partial charge in [-0.1, -0.05) is 41.6 Å². The topological polar surface area (TPSA) is 51.0 Å². The van der Waals surface area contributed by atoms with Crippen molar-refractivity contribution < 1.29 is 9.18 Å². The molecule has 2 heterocycles. The maximum Gasteiger partial charge on any atom is 0.233 e. The molecule has 1 aromatic heterocycles. The van der Waals surface area contributed by atoms with Crippen LogP contribution in [-0.4, -0.2) is 37.9 Å². The molecule has 1 unspecified atom stereocenters. The second-order valence-corrected chi connectivity index (χ2v) is 8.51. The minimum Gasteiger partial charge on any atom is -0.335 e. The number of benzene rings is 2. The number of carbonyl (C=O) groups excluding carboxylic acids is 1. The summed E-state index contributed by atoms with van der Waals surface area (Å²) in [4.78, 5) is 14.8. The highest BCUT2D eigenvalue weighted by molar-refractivity contribution is 7.99. The molecule has 0 saturated carbocycles. The Morgan fingerprint density at radius 3 is 2.83 bits per heavy atom. The van der Waals surface area contributed by atoms with E-state index < -0.39 is 0 Å². The van der Waals surface area contributed by atoms with Gasteiger partial charge in [-0.2, -0.15) is 0 Å². The molecule has 30 heavy (non-hydrogen) atoms. The van der Waals surface area contributed by atoms with Gasteiger partial charge in [0.15, 0.2) is 11.0 Å². The molecule has 2 aromatic carbocycles. The summed E-state index contributed by atoms with van der Waals surface area (Å²) in [7, 11) is 0. The summed E-state index contributed by atoms with van der Waals surface area (Å²) in [6, 6.07) is 12.9. The Morgan fingerprint density at radius 2 is 2.07 bits per heavy atom. The number of carbonyl (C=O) groups is 1. The number of hydrogen-bond acceptors (Lipinski definition) is 4. The van der Waals surface area contributed by atoms with Crippen molar-refractivity contribution in [3.05, 3.63) is 65.0 Å². The van der Waals surface area contributed by atoms with Gasteiger partial charge in [0.1, 0.15) is 5.82 Å². The molecular formula is C23H25FN4OS. The highest BCUT2D eigenvalue weighted by Gasteiger charge is 2.28. The van der Waals surface area contributed by atoms with Gasteiger partial charge in [-0.25, -0.2) is 4.39 Å². The number of aryl methyl sites for hydroxylation is 1. The molecule has 0 bridgehead atoms. The SMILES string of the molecule is CCn1c(SCC(=O)N2CCc3ccc(F)cc3C2C)nnc1-c1cccc(C)c1. The number of rotatable bonds is 5. The van der Waals surface area contributed by atoms with E-state index in [1.807, 2.05) is 54.5 Å². The molecule has 5 nitrogen and oxygen atoms in total. The molecule has 4 rings (SSSR count). The van der Waals surface area contributed by atoms with Crippen molar-refractivity contribution in [2.75, 3.05) is 12.3 Å². The summed E-state index contributed by atoms with van der Waals surface area (Å²) in [5.41, 5.74) is 4.20. The highest BCUT2D eigenvalue weighted by atomic mass is 32.2. The Hall–Kier alpha value is -2.67. The van der Waals surface area contributed by atoms with Crippen molar-refractivity contribution >= 4 is 17.7 Å². The molecule has 0 fully saturated rings. The van der Waals surface area contributed by atoms with Crippen LogP contribution in [0.2, 0.25) is 0 Å². The van der Waals surface area contributed by atoms with Crippen molar-refractivity contribution in [1.29, 1.82) is 0 Å². The van der Waals surface area contributed by atoms with E-state index in [-0.39, 0.29) is 23.5 Å². The molecule has 1 amide bonds. The van der Waals surface area contributed by atoms with Gasteiger partial charge in [0.05, 0.1) is 11.8 Å². The highest BCUT2D eigenvalue weighted by Crippen LogP contribution is 2.31. The molecule has 1 aliphatic heterocycles. The van der Waals surface area contributed by atoms with Gasteiger partial charge in [-0.15, -0.1) is 10.2 Å². The lowest BCUT2D eigenvalue weighted by molar-refractivity contribution is -0.130. The minimum absolute atomic E-state index is 0.0326. The largest absolute Gasteiger partial charge is 0.335 e. The van der Waals surface area contributed by atoms with Crippen LogP contribution in [0.1, 0.15) is 36.6 Å². The molecule has 156 valence electrons. The van der Waals surface area contributed by atoms with Gasteiger partial charge in [-0.3, -0.25) is 4.79 Å². The Morgan fingerprint density at radius 1 is 1.23 bits per heavy atom. The molecule has 0 saturated heterocycles. The average molecular weight is 425 g/mol. The zero-order chi connectivity index (χ0) is 21.3. The number of nitrogens with zero attached hydrogens (tertiary/aromatic N) is 4. The zero-order valence-electron chi connectivity index (χ0n) is 17.4. The third-order valence-corrected chi connectivity index (χ3v) is 6.55. The molecule has 3 aromatic rings. The number of thioether (sulfide) groups is 1. The van der Waals surface area contributed by atoms with E-state index in [2.05, 4.69) is 16.3 Å². The summed E-state index contributed by atoms with van der Waals surface area (Å²) < 4.78 is 15.7. The molecular weight excluding hydrogens is 399 g/mol. The fourth-order valence-electron chi connectivity index (χ4n) is 4.01. The van der Waals surface area contributed by atoms with Crippen molar-refractivity contribution in [3.8, 4) is 11.4 Å². The fourth-order valence-corrected chi connectivity index (χ4v) is 4.90. The van der Waals surface area contributed by atoms with Gasteiger partial charge in [0.2, 0.25) is 5.91 Å². The smallest absolute Gasteiger partial charge is 0.233 e. The maximum atomic E-state index is 13.7. The number of halogens is 1. The van der Waals surface area contributed by atoms with Crippen LogP contribution in [0, 0.1) is 12.7 Å². The van der Waals surface area contributed by atoms with Crippen molar-refractivity contribution in [2.45, 2.75) is 44.9 Å². The summed E-state index contributed by atoms with van der Waals surface area (Å²) in [6.07, 6.45) is 0.749. The minimum atomic E-state index is -0.260. The first kappa shape index (κ1) is 20.6. The summed E-state index contributed by atoms with van der Waals surface area (Å²) in [6.45, 7) is 7.43. The van der Waals surface area contributed by atoms with Gasteiger partial charge < -0.3 is 9.47 Å². The predicted octanol–water partition coefficient (Wildman–Crippen LogP) is 4.65. The first-order chi connectivity index (χ1) is 14.5. The summed E-state index contributed by atoms with van der Waals surface area (Å²) in [5.74, 6) is 0.863. The van der Waals surface area contributed by atoms with E-state index in [9.17, 15) is 9.18 Å². The molecule has 0 N–H and O–H groups in total. The Bertz CT molecular complexity index is 1080. The van der Waals surface area contributed by atoms with E-state index in [1.54, 1.807) is 6.07 Å². The van der Waals surface area contributed by atoms with Gasteiger partial charge in [-0.05, 0) is 56.5 Å². The van der Waals surface area contributed by atoms with Gasteiger partial charge in [0.25, 0.3) is 0 Å². The lowest BCUT2D eigenvalue weighted by Crippen LogP contribution is -2.40. The third-order valence-electron chi connectivity index (χ3n) is 5.60. The number of hydrogen-bond donors (Lipinski definition) is 0. The second-order valence-electron chi connectivity index (χ2n) is 7.56. The fraction of sp³-hybridized carbons (Fsp3) is 0.348. The van der Waals surface area contributed by atoms with Gasteiger partial charge in [0, 0.05) is 18.7 Å². The standard InChI is InChI=1S/C23H25FN4OS/c1-4-27-22(18-7-5-6-15(2)12-18)25-26-23(27)30-14-21(29)28-11-10-17-8-9-19(24)13-20(17)16(28)3/h5-9,12-13,16H,4,10-11,14H2,1-3H3. The van der Waals surface area contributed by atoms with Crippen LogP contribution in [-0.2, 0) is 17.8 Å². The number of aromatic nitrogens is 3. The Labute approximate surface area is 180 Å². The molecule has 1 aliphatic rings. The predicted molar refractivity (Wildman–Crippen MR) is 117 cm³/mol.